The number of methoxy groups -OCH3 is 1. The normalized spacial score (nSPS) is 11.1. The molecule has 3 nitrogen and oxygen atoms in total. The van der Waals surface area contributed by atoms with Crippen LogP contribution >= 0.6 is 15.9 Å². The van der Waals surface area contributed by atoms with Gasteiger partial charge < -0.3 is 9.64 Å². The highest BCUT2D eigenvalue weighted by molar-refractivity contribution is 9.12. The Morgan fingerprint density at radius 2 is 1.88 bits per heavy atom. The Balaban J connectivity index is 2.87. The van der Waals surface area contributed by atoms with E-state index in [0.717, 1.165) is 11.3 Å². The Bertz CT molecular complexity index is 396. The summed E-state index contributed by atoms with van der Waals surface area (Å²) >= 11 is 3.16. The maximum absolute atomic E-state index is 11.1. The van der Waals surface area contributed by atoms with Gasteiger partial charge in [0.05, 0.1) is 7.11 Å². The lowest BCUT2D eigenvalue weighted by Crippen LogP contribution is -2.07. The number of hydrogen-bond donors (Lipinski definition) is 0. The van der Waals surface area contributed by atoms with Gasteiger partial charge >= 0.3 is 5.97 Å². The highest BCUT2D eigenvalue weighted by Crippen LogP contribution is 2.17. The SMILES string of the molecule is COC(=O)C(Br)=Cc1ccc(N(C)C)cc1. The molecule has 0 aromatic heterocycles. The van der Waals surface area contributed by atoms with Crippen LogP contribution in [0.3, 0.4) is 0 Å². The second kappa shape index (κ2) is 5.70. The minimum absolute atomic E-state index is 0.378. The van der Waals surface area contributed by atoms with Crippen LogP contribution in [0.5, 0.6) is 0 Å². The first-order chi connectivity index (χ1) is 7.54. The summed E-state index contributed by atoms with van der Waals surface area (Å²) in [4.78, 5) is 13.2. The third kappa shape index (κ3) is 3.38. The number of ether oxygens (including phenoxy) is 1. The number of rotatable bonds is 3. The topological polar surface area (TPSA) is 29.5 Å². The summed E-state index contributed by atoms with van der Waals surface area (Å²) in [5.41, 5.74) is 2.06. The molecule has 0 aliphatic rings. The molecule has 0 amide bonds. The third-order valence-corrected chi connectivity index (χ3v) is 2.64. The number of hydrogen-bond acceptors (Lipinski definition) is 3. The van der Waals surface area contributed by atoms with E-state index in [1.807, 2.05) is 43.3 Å². The maximum atomic E-state index is 11.1. The fourth-order valence-electron chi connectivity index (χ4n) is 1.17. The zero-order valence-corrected chi connectivity index (χ0v) is 11.1. The second-order valence-corrected chi connectivity index (χ2v) is 4.32. The van der Waals surface area contributed by atoms with Crippen LogP contribution in [0.2, 0.25) is 0 Å². The van der Waals surface area contributed by atoms with Gasteiger partial charge in [-0.1, -0.05) is 12.1 Å². The molecule has 1 aromatic carbocycles. The monoisotopic (exact) mass is 283 g/mol. The quantitative estimate of drug-likeness (QED) is 0.631. The third-order valence-electron chi connectivity index (χ3n) is 2.08. The fraction of sp³-hybridized carbons (Fsp3) is 0.250. The average molecular weight is 284 g/mol. The van der Waals surface area contributed by atoms with Crippen molar-refractivity contribution in [2.75, 3.05) is 26.1 Å². The van der Waals surface area contributed by atoms with Gasteiger partial charge in [-0.15, -0.1) is 0 Å². The molecule has 0 unspecified atom stereocenters. The summed E-state index contributed by atoms with van der Waals surface area (Å²) in [6.07, 6.45) is 1.73. The van der Waals surface area contributed by atoms with Crippen LogP contribution in [0.1, 0.15) is 5.56 Å². The number of halogens is 1. The Morgan fingerprint density at radius 1 is 1.31 bits per heavy atom. The standard InChI is InChI=1S/C12H14BrNO2/c1-14(2)10-6-4-9(5-7-10)8-11(13)12(15)16-3/h4-8H,1-3H3. The number of esters is 1. The van der Waals surface area contributed by atoms with E-state index < -0.39 is 0 Å². The summed E-state index contributed by atoms with van der Waals surface area (Å²) in [5, 5.41) is 0. The molecule has 0 radical (unpaired) electrons. The molecule has 86 valence electrons. The summed E-state index contributed by atoms with van der Waals surface area (Å²) in [7, 11) is 5.32. The van der Waals surface area contributed by atoms with E-state index in [4.69, 9.17) is 0 Å². The van der Waals surface area contributed by atoms with Crippen molar-refractivity contribution in [3.63, 3.8) is 0 Å². The van der Waals surface area contributed by atoms with Crippen LogP contribution in [0.4, 0.5) is 5.69 Å². The lowest BCUT2D eigenvalue weighted by atomic mass is 10.2. The molecule has 0 heterocycles. The molecule has 0 atom stereocenters. The van der Waals surface area contributed by atoms with Gasteiger partial charge in [0.15, 0.2) is 0 Å². The first-order valence-corrected chi connectivity index (χ1v) is 5.57. The number of carbonyl (C=O) groups excluding carboxylic acids is 1. The van der Waals surface area contributed by atoms with Crippen molar-refractivity contribution in [1.82, 2.24) is 0 Å². The van der Waals surface area contributed by atoms with Crippen LogP contribution in [-0.4, -0.2) is 27.2 Å². The molecule has 1 aromatic rings. The van der Waals surface area contributed by atoms with Gasteiger partial charge in [0.2, 0.25) is 0 Å². The Labute approximate surface area is 104 Å². The lowest BCUT2D eigenvalue weighted by molar-refractivity contribution is -0.135. The molecule has 0 saturated heterocycles. The van der Waals surface area contributed by atoms with Crippen molar-refractivity contribution in [3.05, 3.63) is 34.3 Å². The highest BCUT2D eigenvalue weighted by atomic mass is 79.9. The molecular formula is C12H14BrNO2. The molecule has 0 fully saturated rings. The van der Waals surface area contributed by atoms with Gasteiger partial charge in [-0.3, -0.25) is 0 Å². The first-order valence-electron chi connectivity index (χ1n) is 4.77. The zero-order valence-electron chi connectivity index (χ0n) is 9.53. The average Bonchev–Trinajstić information content (AvgIpc) is 2.28. The fourth-order valence-corrected chi connectivity index (χ4v) is 1.60. The van der Waals surface area contributed by atoms with E-state index in [1.54, 1.807) is 6.08 Å². The number of carbonyl (C=O) groups is 1. The smallest absolute Gasteiger partial charge is 0.344 e. The van der Waals surface area contributed by atoms with Gasteiger partial charge in [-0.25, -0.2) is 4.79 Å². The molecule has 0 bridgehead atoms. The van der Waals surface area contributed by atoms with E-state index >= 15 is 0 Å². The summed E-state index contributed by atoms with van der Waals surface area (Å²) < 4.78 is 4.99. The molecule has 0 spiro atoms. The molecule has 0 aliphatic heterocycles. The predicted octanol–water partition coefficient (Wildman–Crippen LogP) is 2.66. The minimum Gasteiger partial charge on any atom is -0.465 e. The van der Waals surface area contributed by atoms with Gasteiger partial charge in [0, 0.05) is 19.8 Å². The van der Waals surface area contributed by atoms with Crippen molar-refractivity contribution < 1.29 is 9.53 Å². The van der Waals surface area contributed by atoms with Crippen LogP contribution in [0.25, 0.3) is 6.08 Å². The summed E-state index contributed by atoms with van der Waals surface area (Å²) in [6.45, 7) is 0. The highest BCUT2D eigenvalue weighted by Gasteiger charge is 2.04. The van der Waals surface area contributed by atoms with Crippen molar-refractivity contribution in [2.45, 2.75) is 0 Å². The molecule has 0 aliphatic carbocycles. The Hall–Kier alpha value is -1.29. The molecule has 4 heteroatoms. The van der Waals surface area contributed by atoms with Crippen LogP contribution in [0, 0.1) is 0 Å². The lowest BCUT2D eigenvalue weighted by Gasteiger charge is -2.11. The van der Waals surface area contributed by atoms with Gasteiger partial charge in [-0.05, 0) is 39.7 Å². The number of benzene rings is 1. The van der Waals surface area contributed by atoms with Gasteiger partial charge in [0.25, 0.3) is 0 Å². The van der Waals surface area contributed by atoms with Crippen molar-refractivity contribution in [1.29, 1.82) is 0 Å². The van der Waals surface area contributed by atoms with Gasteiger partial charge in [0.1, 0.15) is 4.48 Å². The first kappa shape index (κ1) is 12.8. The molecule has 1 rings (SSSR count). The van der Waals surface area contributed by atoms with E-state index in [2.05, 4.69) is 20.7 Å². The Kier molecular flexibility index (Phi) is 4.55. The largest absolute Gasteiger partial charge is 0.465 e. The molecule has 0 N–H and O–H groups in total. The van der Waals surface area contributed by atoms with Crippen molar-refractivity contribution in [2.24, 2.45) is 0 Å². The summed E-state index contributed by atoms with van der Waals surface area (Å²) in [6, 6.07) is 7.87. The number of anilines is 1. The van der Waals surface area contributed by atoms with Crippen molar-refractivity contribution >= 4 is 33.7 Å². The van der Waals surface area contributed by atoms with Gasteiger partial charge in [-0.2, -0.15) is 0 Å². The molecule has 16 heavy (non-hydrogen) atoms. The second-order valence-electron chi connectivity index (χ2n) is 3.47. The molecular weight excluding hydrogens is 270 g/mol. The van der Waals surface area contributed by atoms with E-state index in [-0.39, 0.29) is 5.97 Å². The predicted molar refractivity (Wildman–Crippen MR) is 69.7 cm³/mol. The van der Waals surface area contributed by atoms with E-state index in [9.17, 15) is 4.79 Å². The number of nitrogens with zero attached hydrogens (tertiary/aromatic N) is 1. The van der Waals surface area contributed by atoms with Crippen LogP contribution < -0.4 is 4.90 Å². The minimum atomic E-state index is -0.378. The summed E-state index contributed by atoms with van der Waals surface area (Å²) in [5.74, 6) is -0.378. The Morgan fingerprint density at radius 3 is 2.31 bits per heavy atom. The van der Waals surface area contributed by atoms with E-state index in [1.165, 1.54) is 7.11 Å². The van der Waals surface area contributed by atoms with Crippen LogP contribution in [0.15, 0.2) is 28.7 Å². The molecule has 0 saturated carbocycles. The maximum Gasteiger partial charge on any atom is 0.344 e. The van der Waals surface area contributed by atoms with E-state index in [0.29, 0.717) is 4.48 Å². The zero-order chi connectivity index (χ0) is 12.1. The van der Waals surface area contributed by atoms with Crippen molar-refractivity contribution in [3.8, 4) is 0 Å². The van der Waals surface area contributed by atoms with Crippen LogP contribution in [-0.2, 0) is 9.53 Å².